The molecule has 0 fully saturated rings. The molecule has 94 valence electrons. The van der Waals surface area contributed by atoms with E-state index in [1.54, 1.807) is 13.0 Å². The van der Waals surface area contributed by atoms with Crippen LogP contribution in [0.15, 0.2) is 36.5 Å². The second-order valence-electron chi connectivity index (χ2n) is 3.78. The predicted octanol–water partition coefficient (Wildman–Crippen LogP) is 3.21. The van der Waals surface area contributed by atoms with Crippen LogP contribution < -0.4 is 4.74 Å². The van der Waals surface area contributed by atoms with Crippen molar-refractivity contribution >= 4 is 0 Å². The van der Waals surface area contributed by atoms with Gasteiger partial charge in [0.25, 0.3) is 0 Å². The van der Waals surface area contributed by atoms with Gasteiger partial charge >= 0.3 is 0 Å². The van der Waals surface area contributed by atoms with Gasteiger partial charge in [-0.2, -0.15) is 0 Å². The Labute approximate surface area is 103 Å². The number of hydrogen-bond donors (Lipinski definition) is 1. The van der Waals surface area contributed by atoms with Crippen molar-refractivity contribution in [2.75, 3.05) is 0 Å². The van der Waals surface area contributed by atoms with Crippen molar-refractivity contribution in [2.45, 2.75) is 13.0 Å². The highest BCUT2D eigenvalue weighted by molar-refractivity contribution is 5.31. The Morgan fingerprint density at radius 3 is 2.67 bits per heavy atom. The van der Waals surface area contributed by atoms with Crippen LogP contribution in [0.1, 0.15) is 18.6 Å². The number of aromatic nitrogens is 1. The van der Waals surface area contributed by atoms with E-state index in [0.29, 0.717) is 5.56 Å². The monoisotopic (exact) mass is 251 g/mol. The van der Waals surface area contributed by atoms with Gasteiger partial charge in [0.05, 0.1) is 6.10 Å². The Morgan fingerprint density at radius 2 is 2.00 bits per heavy atom. The second-order valence-corrected chi connectivity index (χ2v) is 3.78. The molecule has 0 saturated heterocycles. The first-order valence-electron chi connectivity index (χ1n) is 5.33. The number of benzene rings is 1. The molecule has 0 aliphatic heterocycles. The zero-order valence-corrected chi connectivity index (χ0v) is 9.60. The summed E-state index contributed by atoms with van der Waals surface area (Å²) in [5.74, 6) is -1.46. The van der Waals surface area contributed by atoms with Crippen LogP contribution in [0.3, 0.4) is 0 Å². The third-order valence-electron chi connectivity index (χ3n) is 2.35. The summed E-state index contributed by atoms with van der Waals surface area (Å²) in [7, 11) is 0. The average molecular weight is 251 g/mol. The van der Waals surface area contributed by atoms with E-state index in [2.05, 4.69) is 4.98 Å². The largest absolute Gasteiger partial charge is 0.436 e. The number of aliphatic hydroxyl groups is 1. The zero-order chi connectivity index (χ0) is 13.1. The third kappa shape index (κ3) is 2.81. The van der Waals surface area contributed by atoms with Crippen LogP contribution in [0.5, 0.6) is 11.6 Å². The Bertz CT molecular complexity index is 558. The van der Waals surface area contributed by atoms with Crippen molar-refractivity contribution in [1.82, 2.24) is 4.98 Å². The standard InChI is InChI=1S/C13H11F2NO2/c1-8(17)9-4-5-16-13(6-9)18-12-3-2-10(14)7-11(12)15/h2-8,17H,1H3. The molecule has 0 aliphatic rings. The van der Waals surface area contributed by atoms with Crippen LogP contribution in [0.25, 0.3) is 0 Å². The maximum Gasteiger partial charge on any atom is 0.219 e. The Morgan fingerprint density at radius 1 is 1.22 bits per heavy atom. The Hall–Kier alpha value is -2.01. The van der Waals surface area contributed by atoms with Crippen molar-refractivity contribution in [2.24, 2.45) is 0 Å². The summed E-state index contributed by atoms with van der Waals surface area (Å²) in [6.07, 6.45) is 0.771. The Kier molecular flexibility index (Phi) is 3.53. The van der Waals surface area contributed by atoms with Gasteiger partial charge in [0.1, 0.15) is 5.82 Å². The van der Waals surface area contributed by atoms with Gasteiger partial charge in [0.2, 0.25) is 5.88 Å². The summed E-state index contributed by atoms with van der Waals surface area (Å²) in [4.78, 5) is 3.89. The minimum Gasteiger partial charge on any atom is -0.436 e. The third-order valence-corrected chi connectivity index (χ3v) is 2.35. The van der Waals surface area contributed by atoms with Crippen molar-refractivity contribution in [1.29, 1.82) is 0 Å². The molecule has 0 radical (unpaired) electrons. The van der Waals surface area contributed by atoms with Gasteiger partial charge in [-0.3, -0.25) is 0 Å². The summed E-state index contributed by atoms with van der Waals surface area (Å²) in [6.45, 7) is 1.59. The fourth-order valence-electron chi connectivity index (χ4n) is 1.41. The number of pyridine rings is 1. The van der Waals surface area contributed by atoms with Crippen molar-refractivity contribution in [3.8, 4) is 11.6 Å². The summed E-state index contributed by atoms with van der Waals surface area (Å²) in [6, 6.07) is 6.12. The molecule has 1 N–H and O–H groups in total. The summed E-state index contributed by atoms with van der Waals surface area (Å²) >= 11 is 0. The van der Waals surface area contributed by atoms with E-state index in [1.807, 2.05) is 0 Å². The normalized spacial score (nSPS) is 12.2. The predicted molar refractivity (Wildman–Crippen MR) is 61.3 cm³/mol. The minimum absolute atomic E-state index is 0.119. The van der Waals surface area contributed by atoms with Crippen LogP contribution >= 0.6 is 0 Å². The van der Waals surface area contributed by atoms with E-state index in [4.69, 9.17) is 4.74 Å². The van der Waals surface area contributed by atoms with Gasteiger partial charge in [0, 0.05) is 18.3 Å². The van der Waals surface area contributed by atoms with E-state index in [0.717, 1.165) is 12.1 Å². The average Bonchev–Trinajstić information content (AvgIpc) is 2.33. The smallest absolute Gasteiger partial charge is 0.219 e. The first-order chi connectivity index (χ1) is 8.56. The molecule has 1 aromatic heterocycles. The molecule has 1 heterocycles. The van der Waals surface area contributed by atoms with Gasteiger partial charge in [-0.1, -0.05) is 0 Å². The lowest BCUT2D eigenvalue weighted by atomic mass is 10.2. The molecule has 5 heteroatoms. The van der Waals surface area contributed by atoms with E-state index < -0.39 is 17.7 Å². The molecule has 1 unspecified atom stereocenters. The summed E-state index contributed by atoms with van der Waals surface area (Å²) in [5, 5.41) is 9.40. The number of aliphatic hydroxyl groups excluding tert-OH is 1. The molecule has 18 heavy (non-hydrogen) atoms. The first kappa shape index (κ1) is 12.4. The minimum atomic E-state index is -0.806. The van der Waals surface area contributed by atoms with Crippen LogP contribution in [-0.2, 0) is 0 Å². The van der Waals surface area contributed by atoms with Gasteiger partial charge in [0.15, 0.2) is 11.6 Å². The molecule has 3 nitrogen and oxygen atoms in total. The molecule has 1 aromatic carbocycles. The fraction of sp³-hybridized carbons (Fsp3) is 0.154. The van der Waals surface area contributed by atoms with Gasteiger partial charge in [-0.25, -0.2) is 13.8 Å². The maximum absolute atomic E-state index is 13.4. The highest BCUT2D eigenvalue weighted by Gasteiger charge is 2.08. The highest BCUT2D eigenvalue weighted by atomic mass is 19.1. The van der Waals surface area contributed by atoms with E-state index in [-0.39, 0.29) is 11.6 Å². The first-order valence-corrected chi connectivity index (χ1v) is 5.33. The number of rotatable bonds is 3. The van der Waals surface area contributed by atoms with E-state index in [1.165, 1.54) is 18.3 Å². The molecule has 2 rings (SSSR count). The summed E-state index contributed by atoms with van der Waals surface area (Å²) in [5.41, 5.74) is 0.600. The molecule has 1 atom stereocenters. The number of nitrogens with zero attached hydrogens (tertiary/aromatic N) is 1. The zero-order valence-electron chi connectivity index (χ0n) is 9.60. The fourth-order valence-corrected chi connectivity index (χ4v) is 1.41. The number of ether oxygens (including phenoxy) is 1. The molecule has 2 aromatic rings. The van der Waals surface area contributed by atoms with Gasteiger partial charge in [-0.15, -0.1) is 0 Å². The maximum atomic E-state index is 13.4. The van der Waals surface area contributed by atoms with Gasteiger partial charge in [-0.05, 0) is 30.7 Å². The van der Waals surface area contributed by atoms with Gasteiger partial charge < -0.3 is 9.84 Å². The highest BCUT2D eigenvalue weighted by Crippen LogP contribution is 2.25. The number of hydrogen-bond acceptors (Lipinski definition) is 3. The molecular formula is C13H11F2NO2. The molecule has 0 spiro atoms. The van der Waals surface area contributed by atoms with Crippen LogP contribution in [0.2, 0.25) is 0 Å². The summed E-state index contributed by atoms with van der Waals surface area (Å²) < 4.78 is 31.3. The quantitative estimate of drug-likeness (QED) is 0.910. The van der Waals surface area contributed by atoms with E-state index >= 15 is 0 Å². The van der Waals surface area contributed by atoms with Crippen LogP contribution in [0.4, 0.5) is 8.78 Å². The van der Waals surface area contributed by atoms with Crippen LogP contribution in [-0.4, -0.2) is 10.1 Å². The van der Waals surface area contributed by atoms with E-state index in [9.17, 15) is 13.9 Å². The lowest BCUT2D eigenvalue weighted by Gasteiger charge is -2.08. The molecule has 0 aliphatic carbocycles. The molecule has 0 saturated carbocycles. The van der Waals surface area contributed by atoms with Crippen molar-refractivity contribution < 1.29 is 18.6 Å². The van der Waals surface area contributed by atoms with Crippen molar-refractivity contribution in [3.05, 3.63) is 53.7 Å². The Balaban J connectivity index is 2.25. The second kappa shape index (κ2) is 5.10. The lowest BCUT2D eigenvalue weighted by molar-refractivity contribution is 0.198. The molecule has 0 bridgehead atoms. The molecule has 0 amide bonds. The topological polar surface area (TPSA) is 42.4 Å². The number of halogens is 2. The van der Waals surface area contributed by atoms with Crippen molar-refractivity contribution in [3.63, 3.8) is 0 Å². The lowest BCUT2D eigenvalue weighted by Crippen LogP contribution is -1.95. The molecular weight excluding hydrogens is 240 g/mol. The SMILES string of the molecule is CC(O)c1ccnc(Oc2ccc(F)cc2F)c1. The van der Waals surface area contributed by atoms with Crippen LogP contribution in [0, 0.1) is 11.6 Å².